The highest BCUT2D eigenvalue weighted by Crippen LogP contribution is 2.33. The van der Waals surface area contributed by atoms with Crippen molar-refractivity contribution in [3.05, 3.63) is 71.1 Å². The van der Waals surface area contributed by atoms with E-state index < -0.39 is 0 Å². The lowest BCUT2D eigenvalue weighted by molar-refractivity contribution is 0.102. The van der Waals surface area contributed by atoms with Crippen LogP contribution in [-0.2, 0) is 0 Å². The van der Waals surface area contributed by atoms with E-state index in [9.17, 15) is 4.79 Å². The maximum Gasteiger partial charge on any atom is 0.275 e. The van der Waals surface area contributed by atoms with Crippen molar-refractivity contribution in [2.45, 2.75) is 6.92 Å². The summed E-state index contributed by atoms with van der Waals surface area (Å²) in [6.07, 6.45) is 5.40. The summed E-state index contributed by atoms with van der Waals surface area (Å²) in [5, 5.41) is 15.7. The van der Waals surface area contributed by atoms with Gasteiger partial charge in [-0.15, -0.1) is 11.3 Å². The molecular weight excluding hydrogens is 370 g/mol. The minimum Gasteiger partial charge on any atom is -0.320 e. The average Bonchev–Trinajstić information content (AvgIpc) is 3.36. The van der Waals surface area contributed by atoms with Gasteiger partial charge in [-0.25, -0.2) is 4.98 Å². The first-order chi connectivity index (χ1) is 13.7. The van der Waals surface area contributed by atoms with Crippen molar-refractivity contribution in [1.82, 2.24) is 20.2 Å². The summed E-state index contributed by atoms with van der Waals surface area (Å²) >= 11 is 1.45. The summed E-state index contributed by atoms with van der Waals surface area (Å²) in [6, 6.07) is 12.1. The summed E-state index contributed by atoms with van der Waals surface area (Å²) in [5.74, 6) is -0.236. The quantitative estimate of drug-likeness (QED) is 0.467. The Balaban J connectivity index is 1.64. The van der Waals surface area contributed by atoms with Crippen molar-refractivity contribution in [2.75, 3.05) is 5.32 Å². The molecule has 2 N–H and O–H groups in total. The fourth-order valence-electron chi connectivity index (χ4n) is 3.31. The summed E-state index contributed by atoms with van der Waals surface area (Å²) in [6.45, 7) is 1.88. The smallest absolute Gasteiger partial charge is 0.275 e. The molecule has 28 heavy (non-hydrogen) atoms. The lowest BCUT2D eigenvalue weighted by Crippen LogP contribution is -2.12. The number of nitrogens with one attached hydrogen (secondary N) is 2. The number of aromatic amines is 1. The van der Waals surface area contributed by atoms with Crippen LogP contribution in [0.5, 0.6) is 0 Å². The summed E-state index contributed by atoms with van der Waals surface area (Å²) in [5.41, 5.74) is 3.89. The molecule has 0 atom stereocenters. The van der Waals surface area contributed by atoms with Crippen molar-refractivity contribution in [1.29, 1.82) is 0 Å². The van der Waals surface area contributed by atoms with Crippen molar-refractivity contribution >= 4 is 44.6 Å². The first-order valence-electron chi connectivity index (χ1n) is 8.73. The van der Waals surface area contributed by atoms with Gasteiger partial charge in [-0.3, -0.25) is 14.9 Å². The van der Waals surface area contributed by atoms with E-state index in [-0.39, 0.29) is 5.91 Å². The molecular formula is C21H15N5OS. The van der Waals surface area contributed by atoms with Gasteiger partial charge in [0.25, 0.3) is 5.91 Å². The molecule has 0 aliphatic carbocycles. The number of aryl methyl sites for hydroxylation is 1. The van der Waals surface area contributed by atoms with Crippen LogP contribution in [0.1, 0.15) is 15.5 Å². The second-order valence-electron chi connectivity index (χ2n) is 6.47. The second kappa shape index (κ2) is 6.54. The molecule has 0 saturated heterocycles. The minimum atomic E-state index is -0.236. The molecule has 3 aromatic heterocycles. The maximum absolute atomic E-state index is 12.6. The number of amides is 1. The number of hydrogen-bond acceptors (Lipinski definition) is 5. The molecule has 0 unspecified atom stereocenters. The van der Waals surface area contributed by atoms with Crippen LogP contribution in [0.25, 0.3) is 32.8 Å². The molecule has 7 heteroatoms. The van der Waals surface area contributed by atoms with Crippen LogP contribution in [0, 0.1) is 6.92 Å². The average molecular weight is 385 g/mol. The van der Waals surface area contributed by atoms with Gasteiger partial charge in [-0.05, 0) is 30.0 Å². The number of carbonyl (C=O) groups is 1. The summed E-state index contributed by atoms with van der Waals surface area (Å²) in [4.78, 5) is 21.3. The van der Waals surface area contributed by atoms with Crippen LogP contribution in [-0.4, -0.2) is 26.1 Å². The zero-order valence-electron chi connectivity index (χ0n) is 14.9. The number of nitrogens with zero attached hydrogens (tertiary/aromatic N) is 3. The second-order valence-corrected chi connectivity index (χ2v) is 7.53. The van der Waals surface area contributed by atoms with Crippen LogP contribution in [0.4, 0.5) is 5.69 Å². The predicted octanol–water partition coefficient (Wildman–Crippen LogP) is 4.80. The number of thiazole rings is 1. The molecule has 5 aromatic rings. The van der Waals surface area contributed by atoms with E-state index in [0.29, 0.717) is 11.4 Å². The summed E-state index contributed by atoms with van der Waals surface area (Å²) in [7, 11) is 0. The van der Waals surface area contributed by atoms with Gasteiger partial charge < -0.3 is 5.32 Å². The Kier molecular flexibility index (Phi) is 3.87. The van der Waals surface area contributed by atoms with Gasteiger partial charge in [-0.1, -0.05) is 24.3 Å². The first-order valence-corrected chi connectivity index (χ1v) is 9.61. The highest BCUT2D eigenvalue weighted by molar-refractivity contribution is 7.09. The van der Waals surface area contributed by atoms with Crippen LogP contribution in [0.2, 0.25) is 0 Å². The van der Waals surface area contributed by atoms with Crippen molar-refractivity contribution in [2.24, 2.45) is 0 Å². The Morgan fingerprint density at radius 1 is 1.11 bits per heavy atom. The Hall–Kier alpha value is -3.58. The van der Waals surface area contributed by atoms with E-state index in [1.54, 1.807) is 11.6 Å². The highest BCUT2D eigenvalue weighted by Gasteiger charge is 2.15. The lowest BCUT2D eigenvalue weighted by Gasteiger charge is -2.10. The highest BCUT2D eigenvalue weighted by atomic mass is 32.1. The number of carbonyl (C=O) groups excluding carboxylic acids is 1. The molecule has 136 valence electrons. The van der Waals surface area contributed by atoms with E-state index in [1.807, 2.05) is 49.6 Å². The zero-order chi connectivity index (χ0) is 19.1. The molecule has 5 rings (SSSR count). The number of fused-ring (bicyclic) bond motifs is 2. The molecule has 3 heterocycles. The topological polar surface area (TPSA) is 83.6 Å². The van der Waals surface area contributed by atoms with Gasteiger partial charge in [0.1, 0.15) is 5.69 Å². The van der Waals surface area contributed by atoms with Gasteiger partial charge >= 0.3 is 0 Å². The number of pyridine rings is 1. The van der Waals surface area contributed by atoms with Crippen LogP contribution < -0.4 is 5.32 Å². The van der Waals surface area contributed by atoms with Crippen LogP contribution in [0.3, 0.4) is 0 Å². The van der Waals surface area contributed by atoms with Crippen LogP contribution in [0.15, 0.2) is 60.4 Å². The monoisotopic (exact) mass is 385 g/mol. The maximum atomic E-state index is 12.6. The van der Waals surface area contributed by atoms with Gasteiger partial charge in [-0.2, -0.15) is 5.10 Å². The van der Waals surface area contributed by atoms with Crippen molar-refractivity contribution in [3.8, 4) is 11.1 Å². The van der Waals surface area contributed by atoms with E-state index >= 15 is 0 Å². The molecule has 0 saturated carbocycles. The van der Waals surface area contributed by atoms with Gasteiger partial charge in [0.2, 0.25) is 0 Å². The number of rotatable bonds is 3. The Morgan fingerprint density at radius 3 is 2.86 bits per heavy atom. The van der Waals surface area contributed by atoms with Crippen molar-refractivity contribution < 1.29 is 4.79 Å². The Labute approximate surface area is 164 Å². The molecule has 0 bridgehead atoms. The summed E-state index contributed by atoms with van der Waals surface area (Å²) < 4.78 is 0. The SMILES string of the molecule is Cc1nc(C(=O)Nc2cc(-c3cncc4ccccc34)cc3[nH]ncc23)cs1. The largest absolute Gasteiger partial charge is 0.320 e. The zero-order valence-corrected chi connectivity index (χ0v) is 15.7. The number of hydrogen-bond donors (Lipinski definition) is 2. The number of H-pyrrole nitrogens is 1. The standard InChI is InChI=1S/C21H15N5OS/c1-12-24-20(11-28-12)21(27)25-18-6-14(7-19-17(18)10-23-26-19)16-9-22-8-13-4-2-3-5-15(13)16/h2-11H,1H3,(H,23,26)(H,25,27). The molecule has 0 spiro atoms. The third-order valence-electron chi connectivity index (χ3n) is 4.64. The molecule has 1 amide bonds. The molecule has 0 aliphatic heterocycles. The number of benzene rings is 2. The Morgan fingerprint density at radius 2 is 2.00 bits per heavy atom. The molecule has 0 radical (unpaired) electrons. The van der Waals surface area contributed by atoms with E-state index in [0.717, 1.165) is 37.8 Å². The Bertz CT molecular complexity index is 1330. The third kappa shape index (κ3) is 2.82. The lowest BCUT2D eigenvalue weighted by atomic mass is 9.99. The first kappa shape index (κ1) is 16.6. The fourth-order valence-corrected chi connectivity index (χ4v) is 3.90. The van der Waals surface area contributed by atoms with Gasteiger partial charge in [0.15, 0.2) is 0 Å². The normalized spacial score (nSPS) is 11.2. The van der Waals surface area contributed by atoms with Gasteiger partial charge in [0, 0.05) is 34.1 Å². The number of anilines is 1. The number of aromatic nitrogens is 4. The van der Waals surface area contributed by atoms with E-state index in [1.165, 1.54) is 11.3 Å². The minimum absolute atomic E-state index is 0.236. The molecule has 6 nitrogen and oxygen atoms in total. The van der Waals surface area contributed by atoms with Crippen molar-refractivity contribution in [3.63, 3.8) is 0 Å². The van der Waals surface area contributed by atoms with Crippen LogP contribution >= 0.6 is 11.3 Å². The van der Waals surface area contributed by atoms with E-state index in [2.05, 4.69) is 31.5 Å². The molecule has 0 fully saturated rings. The molecule has 0 aliphatic rings. The molecule has 2 aromatic carbocycles. The van der Waals surface area contributed by atoms with E-state index in [4.69, 9.17) is 0 Å². The fraction of sp³-hybridized carbons (Fsp3) is 0.0476. The third-order valence-corrected chi connectivity index (χ3v) is 5.41. The predicted molar refractivity (Wildman–Crippen MR) is 112 cm³/mol. The van der Waals surface area contributed by atoms with Gasteiger partial charge in [0.05, 0.1) is 22.4 Å².